The van der Waals surface area contributed by atoms with Crippen LogP contribution in [-0.2, 0) is 4.79 Å². The van der Waals surface area contributed by atoms with Crippen LogP contribution in [0.1, 0.15) is 77.6 Å². The van der Waals surface area contributed by atoms with Crippen LogP contribution >= 0.6 is 0 Å². The second kappa shape index (κ2) is 8.77. The second-order valence-corrected chi connectivity index (χ2v) is 7.17. The maximum Gasteiger partial charge on any atom is 0.237 e. The monoisotopic (exact) mass is 294 g/mol. The lowest BCUT2D eigenvalue weighted by molar-refractivity contribution is -0.129. The Balaban J connectivity index is 1.96. The molecular weight excluding hydrogens is 260 g/mol. The first-order valence-corrected chi connectivity index (χ1v) is 9.23. The molecule has 1 unspecified atom stereocenters. The van der Waals surface area contributed by atoms with Crippen LogP contribution in [0, 0.1) is 5.92 Å². The number of likely N-dealkylation sites (N-methyl/N-ethyl adjacent to an activating group) is 1. The summed E-state index contributed by atoms with van der Waals surface area (Å²) in [6.45, 7) is 3.23. The summed E-state index contributed by atoms with van der Waals surface area (Å²) >= 11 is 0. The molecule has 21 heavy (non-hydrogen) atoms. The number of hydrogen-bond donors (Lipinski definition) is 1. The smallest absolute Gasteiger partial charge is 0.237 e. The lowest BCUT2D eigenvalue weighted by Crippen LogP contribution is -2.52. The Labute approximate surface area is 130 Å². The van der Waals surface area contributed by atoms with E-state index in [1.54, 1.807) is 0 Å². The fraction of sp³-hybridized carbons (Fsp3) is 0.944. The zero-order valence-corrected chi connectivity index (χ0v) is 14.1. The number of nitrogens with one attached hydrogen (secondary N) is 1. The van der Waals surface area contributed by atoms with E-state index in [1.807, 2.05) is 0 Å². The van der Waals surface area contributed by atoms with Crippen molar-refractivity contribution < 1.29 is 4.79 Å². The fourth-order valence-electron chi connectivity index (χ4n) is 4.25. The highest BCUT2D eigenvalue weighted by Gasteiger charge is 2.33. The summed E-state index contributed by atoms with van der Waals surface area (Å²) in [4.78, 5) is 15.2. The quantitative estimate of drug-likeness (QED) is 0.809. The van der Waals surface area contributed by atoms with Gasteiger partial charge in [0.2, 0.25) is 5.91 Å². The first-order chi connectivity index (χ1) is 10.2. The van der Waals surface area contributed by atoms with Crippen molar-refractivity contribution in [2.45, 2.75) is 89.6 Å². The van der Waals surface area contributed by atoms with Crippen LogP contribution in [0.25, 0.3) is 0 Å². The van der Waals surface area contributed by atoms with E-state index < -0.39 is 0 Å². The molecule has 2 saturated carbocycles. The van der Waals surface area contributed by atoms with Crippen molar-refractivity contribution in [1.82, 2.24) is 10.2 Å². The zero-order chi connectivity index (χ0) is 15.1. The number of carbonyl (C=O) groups excluding carboxylic acids is 1. The fourth-order valence-corrected chi connectivity index (χ4v) is 4.25. The van der Waals surface area contributed by atoms with Crippen LogP contribution in [-0.4, -0.2) is 36.5 Å². The summed E-state index contributed by atoms with van der Waals surface area (Å²) in [7, 11) is 2.14. The summed E-state index contributed by atoms with van der Waals surface area (Å²) in [6, 6.07) is 0.541. The van der Waals surface area contributed by atoms with Gasteiger partial charge in [-0.05, 0) is 51.6 Å². The summed E-state index contributed by atoms with van der Waals surface area (Å²) in [5, 5.41) is 3.37. The van der Waals surface area contributed by atoms with Gasteiger partial charge in [-0.3, -0.25) is 9.69 Å². The lowest BCUT2D eigenvalue weighted by atomic mass is 9.82. The molecule has 1 N–H and O–H groups in total. The molecule has 0 heterocycles. The number of hydrogen-bond acceptors (Lipinski definition) is 2. The van der Waals surface area contributed by atoms with Crippen molar-refractivity contribution in [2.24, 2.45) is 5.92 Å². The average Bonchev–Trinajstić information content (AvgIpc) is 2.50. The SMILES string of the molecule is CCCN(C)C(C(=O)NC1CCCCC1)C1CCCCC1. The van der Waals surface area contributed by atoms with Gasteiger partial charge >= 0.3 is 0 Å². The minimum atomic E-state index is 0.104. The predicted molar refractivity (Wildman–Crippen MR) is 88.3 cm³/mol. The Morgan fingerprint density at radius 2 is 1.62 bits per heavy atom. The molecule has 2 fully saturated rings. The van der Waals surface area contributed by atoms with Crippen LogP contribution in [0.4, 0.5) is 0 Å². The molecule has 0 aromatic heterocycles. The predicted octanol–water partition coefficient (Wildman–Crippen LogP) is 3.73. The maximum absolute atomic E-state index is 12.9. The number of carbonyl (C=O) groups is 1. The zero-order valence-electron chi connectivity index (χ0n) is 14.1. The van der Waals surface area contributed by atoms with Gasteiger partial charge in [-0.25, -0.2) is 0 Å². The van der Waals surface area contributed by atoms with Crippen molar-refractivity contribution in [3.8, 4) is 0 Å². The van der Waals surface area contributed by atoms with E-state index in [9.17, 15) is 4.79 Å². The summed E-state index contributed by atoms with van der Waals surface area (Å²) in [5.41, 5.74) is 0. The van der Waals surface area contributed by atoms with Gasteiger partial charge in [0.1, 0.15) is 0 Å². The summed E-state index contributed by atoms with van der Waals surface area (Å²) in [5.74, 6) is 0.878. The van der Waals surface area contributed by atoms with E-state index in [0.717, 1.165) is 13.0 Å². The van der Waals surface area contributed by atoms with Gasteiger partial charge in [-0.1, -0.05) is 45.4 Å². The van der Waals surface area contributed by atoms with Crippen LogP contribution in [0.15, 0.2) is 0 Å². The van der Waals surface area contributed by atoms with Gasteiger partial charge in [0.25, 0.3) is 0 Å². The molecule has 0 aliphatic heterocycles. The van der Waals surface area contributed by atoms with Crippen LogP contribution in [0.3, 0.4) is 0 Å². The molecular formula is C18H34N2O. The molecule has 1 amide bonds. The maximum atomic E-state index is 12.9. The highest BCUT2D eigenvalue weighted by molar-refractivity contribution is 5.82. The molecule has 2 rings (SSSR count). The van der Waals surface area contributed by atoms with E-state index in [2.05, 4.69) is 24.2 Å². The van der Waals surface area contributed by atoms with Crippen molar-refractivity contribution >= 4 is 5.91 Å². The molecule has 122 valence electrons. The van der Waals surface area contributed by atoms with Gasteiger partial charge in [0, 0.05) is 6.04 Å². The summed E-state index contributed by atoms with van der Waals surface area (Å²) in [6.07, 6.45) is 13.8. The Morgan fingerprint density at radius 1 is 1.05 bits per heavy atom. The van der Waals surface area contributed by atoms with Gasteiger partial charge in [-0.15, -0.1) is 0 Å². The molecule has 0 saturated heterocycles. The van der Waals surface area contributed by atoms with Gasteiger partial charge in [0.15, 0.2) is 0 Å². The van der Waals surface area contributed by atoms with Crippen molar-refractivity contribution in [2.75, 3.05) is 13.6 Å². The Bertz CT molecular complexity index is 306. The molecule has 0 spiro atoms. The third-order valence-electron chi connectivity index (χ3n) is 5.37. The van der Waals surface area contributed by atoms with Gasteiger partial charge in [0.05, 0.1) is 6.04 Å². The average molecular weight is 294 g/mol. The number of nitrogens with zero attached hydrogens (tertiary/aromatic N) is 1. The van der Waals surface area contributed by atoms with Crippen molar-refractivity contribution in [1.29, 1.82) is 0 Å². The molecule has 3 nitrogen and oxygen atoms in total. The Kier molecular flexibility index (Phi) is 7.01. The molecule has 0 aromatic carbocycles. The van der Waals surface area contributed by atoms with Gasteiger partial charge in [-0.2, -0.15) is 0 Å². The molecule has 2 aliphatic rings. The van der Waals surface area contributed by atoms with Crippen molar-refractivity contribution in [3.63, 3.8) is 0 Å². The highest BCUT2D eigenvalue weighted by Crippen LogP contribution is 2.29. The third-order valence-corrected chi connectivity index (χ3v) is 5.37. The largest absolute Gasteiger partial charge is 0.352 e. The normalized spacial score (nSPS) is 23.2. The Morgan fingerprint density at radius 3 is 2.19 bits per heavy atom. The van der Waals surface area contributed by atoms with Crippen LogP contribution in [0.5, 0.6) is 0 Å². The second-order valence-electron chi connectivity index (χ2n) is 7.17. The van der Waals surface area contributed by atoms with E-state index >= 15 is 0 Å². The highest BCUT2D eigenvalue weighted by atomic mass is 16.2. The van der Waals surface area contributed by atoms with E-state index in [4.69, 9.17) is 0 Å². The lowest BCUT2D eigenvalue weighted by Gasteiger charge is -2.37. The van der Waals surface area contributed by atoms with Crippen LogP contribution in [0.2, 0.25) is 0 Å². The standard InChI is InChI=1S/C18H34N2O/c1-3-14-20(2)17(15-10-6-4-7-11-15)18(21)19-16-12-8-5-9-13-16/h15-17H,3-14H2,1-2H3,(H,19,21). The Hall–Kier alpha value is -0.570. The minimum absolute atomic E-state index is 0.104. The molecule has 0 radical (unpaired) electrons. The van der Waals surface area contributed by atoms with E-state index in [-0.39, 0.29) is 6.04 Å². The first-order valence-electron chi connectivity index (χ1n) is 9.23. The van der Waals surface area contributed by atoms with Crippen molar-refractivity contribution in [3.05, 3.63) is 0 Å². The number of rotatable bonds is 6. The first kappa shape index (κ1) is 16.8. The third kappa shape index (κ3) is 4.98. The number of amides is 1. The molecule has 2 aliphatic carbocycles. The molecule has 3 heteroatoms. The molecule has 0 aromatic rings. The minimum Gasteiger partial charge on any atom is -0.352 e. The summed E-state index contributed by atoms with van der Waals surface area (Å²) < 4.78 is 0. The van der Waals surface area contributed by atoms with E-state index in [0.29, 0.717) is 17.9 Å². The molecule has 1 atom stereocenters. The van der Waals surface area contributed by atoms with E-state index in [1.165, 1.54) is 64.2 Å². The molecule has 0 bridgehead atoms. The van der Waals surface area contributed by atoms with Gasteiger partial charge < -0.3 is 5.32 Å². The topological polar surface area (TPSA) is 32.3 Å². The van der Waals surface area contributed by atoms with Crippen LogP contribution < -0.4 is 5.32 Å².